The van der Waals surface area contributed by atoms with Gasteiger partial charge in [-0.05, 0) is 25.2 Å². The summed E-state index contributed by atoms with van der Waals surface area (Å²) in [6.45, 7) is 3.46. The van der Waals surface area contributed by atoms with E-state index in [-0.39, 0.29) is 24.3 Å². The van der Waals surface area contributed by atoms with Gasteiger partial charge in [-0.15, -0.1) is 0 Å². The van der Waals surface area contributed by atoms with Crippen LogP contribution in [-0.2, 0) is 23.7 Å². The van der Waals surface area contributed by atoms with Gasteiger partial charge < -0.3 is 18.9 Å². The maximum Gasteiger partial charge on any atom is 0.302 e. The fourth-order valence-corrected chi connectivity index (χ4v) is 2.68. The van der Waals surface area contributed by atoms with Crippen LogP contribution in [-0.4, -0.2) is 36.7 Å². The number of allylic oxidation sites excluding steroid dienone is 1. The molecule has 5 nitrogen and oxygen atoms in total. The number of carbonyl (C=O) groups is 1. The summed E-state index contributed by atoms with van der Waals surface area (Å²) in [6, 6.07) is 0. The van der Waals surface area contributed by atoms with Crippen LogP contribution in [0.15, 0.2) is 11.8 Å². The van der Waals surface area contributed by atoms with Crippen LogP contribution in [0.1, 0.15) is 26.7 Å². The van der Waals surface area contributed by atoms with Gasteiger partial charge in [0.1, 0.15) is 18.0 Å². The molecule has 110 valence electrons. The number of epoxide rings is 1. The van der Waals surface area contributed by atoms with Gasteiger partial charge in [0.25, 0.3) is 0 Å². The van der Waals surface area contributed by atoms with Crippen LogP contribution in [0.25, 0.3) is 0 Å². The Kier molecular flexibility index (Phi) is 3.63. The highest BCUT2D eigenvalue weighted by molar-refractivity contribution is 5.66. The second-order valence-electron chi connectivity index (χ2n) is 5.16. The van der Waals surface area contributed by atoms with Crippen molar-refractivity contribution >= 4 is 5.97 Å². The van der Waals surface area contributed by atoms with Gasteiger partial charge in [-0.25, -0.2) is 0 Å². The number of fused-ring (bicyclic) bond motifs is 2. The van der Waals surface area contributed by atoms with E-state index in [4.69, 9.17) is 18.9 Å². The van der Waals surface area contributed by atoms with Crippen molar-refractivity contribution in [1.82, 2.24) is 0 Å². The Morgan fingerprint density at radius 1 is 1.48 bits per heavy atom. The predicted octanol–water partition coefficient (Wildman–Crippen LogP) is 1.13. The molecule has 5 heteroatoms. The highest BCUT2D eigenvalue weighted by atomic mass is 16.8. The lowest BCUT2D eigenvalue weighted by molar-refractivity contribution is -0.260. The van der Waals surface area contributed by atoms with Gasteiger partial charge in [0.15, 0.2) is 6.10 Å². The van der Waals surface area contributed by atoms with Gasteiger partial charge >= 0.3 is 5.97 Å². The summed E-state index contributed by atoms with van der Waals surface area (Å²) >= 11 is 0. The van der Waals surface area contributed by atoms with Gasteiger partial charge in [-0.1, -0.05) is 11.8 Å². The molecule has 21 heavy (non-hydrogen) atoms. The minimum atomic E-state index is -0.745. The first kappa shape index (κ1) is 14.0. The molecule has 1 spiro atoms. The van der Waals surface area contributed by atoms with E-state index in [1.54, 1.807) is 13.0 Å². The van der Waals surface area contributed by atoms with Crippen molar-refractivity contribution in [3.05, 3.63) is 11.8 Å². The van der Waals surface area contributed by atoms with Crippen LogP contribution in [0.2, 0.25) is 0 Å². The van der Waals surface area contributed by atoms with E-state index >= 15 is 0 Å². The molecule has 0 aromatic rings. The molecule has 3 aliphatic heterocycles. The molecule has 0 aromatic carbocycles. The zero-order chi connectivity index (χ0) is 14.9. The third-order valence-corrected chi connectivity index (χ3v) is 3.63. The third-order valence-electron chi connectivity index (χ3n) is 3.63. The van der Waals surface area contributed by atoms with Crippen LogP contribution in [0.3, 0.4) is 0 Å². The molecule has 0 amide bonds. The Morgan fingerprint density at radius 3 is 3.00 bits per heavy atom. The van der Waals surface area contributed by atoms with E-state index in [0.717, 1.165) is 0 Å². The van der Waals surface area contributed by atoms with E-state index in [0.29, 0.717) is 25.2 Å². The van der Waals surface area contributed by atoms with Crippen LogP contribution in [0, 0.1) is 23.7 Å². The maximum absolute atomic E-state index is 11.0. The topological polar surface area (TPSA) is 57.3 Å². The third kappa shape index (κ3) is 2.76. The summed E-state index contributed by atoms with van der Waals surface area (Å²) in [5, 5.41) is 0. The summed E-state index contributed by atoms with van der Waals surface area (Å²) in [7, 11) is 0. The normalized spacial score (nSPS) is 37.6. The van der Waals surface area contributed by atoms with Crippen molar-refractivity contribution in [1.29, 1.82) is 0 Å². The molecule has 0 bridgehead atoms. The second kappa shape index (κ2) is 5.44. The Labute approximate surface area is 123 Å². The van der Waals surface area contributed by atoms with Gasteiger partial charge in [-0.2, -0.15) is 0 Å². The van der Waals surface area contributed by atoms with E-state index in [1.807, 2.05) is 0 Å². The lowest BCUT2D eigenvalue weighted by Gasteiger charge is -2.36. The monoisotopic (exact) mass is 288 g/mol. The fourth-order valence-electron chi connectivity index (χ4n) is 2.68. The number of rotatable bonds is 1. The summed E-state index contributed by atoms with van der Waals surface area (Å²) < 4.78 is 22.5. The zero-order valence-electron chi connectivity index (χ0n) is 12.0. The summed E-state index contributed by atoms with van der Waals surface area (Å²) in [5.74, 6) is 10.5. The lowest BCUT2D eigenvalue weighted by atomic mass is 10.0. The van der Waals surface area contributed by atoms with Gasteiger partial charge in [0, 0.05) is 19.4 Å². The standard InChI is InChI=1S/C16H16O5/c1-3-4-5-6-7-13-14-15(20-14)16(21-13)9-8-12(10-18-16)19-11(2)17/h7,12,14-15H,8-10H2,1-2H3/b13-7-/t12-,14-,15-,16-/m0/s1. The number of hydrogen-bond donors (Lipinski definition) is 0. The highest BCUT2D eigenvalue weighted by Crippen LogP contribution is 2.52. The fraction of sp³-hybridized carbons (Fsp3) is 0.562. The van der Waals surface area contributed by atoms with Crippen LogP contribution in [0.5, 0.6) is 0 Å². The van der Waals surface area contributed by atoms with Gasteiger partial charge in [-0.3, -0.25) is 4.79 Å². The Hall–Kier alpha value is -1.95. The van der Waals surface area contributed by atoms with E-state index in [2.05, 4.69) is 23.7 Å². The van der Waals surface area contributed by atoms with Crippen molar-refractivity contribution in [2.75, 3.05) is 6.61 Å². The van der Waals surface area contributed by atoms with Gasteiger partial charge in [0.2, 0.25) is 5.79 Å². The molecule has 3 saturated heterocycles. The first-order chi connectivity index (χ1) is 10.1. The van der Waals surface area contributed by atoms with Crippen molar-refractivity contribution in [2.24, 2.45) is 0 Å². The number of carbonyl (C=O) groups excluding carboxylic acids is 1. The second-order valence-corrected chi connectivity index (χ2v) is 5.16. The molecule has 0 unspecified atom stereocenters. The number of hydrogen-bond acceptors (Lipinski definition) is 5. The number of esters is 1. The first-order valence-corrected chi connectivity index (χ1v) is 6.92. The molecule has 3 aliphatic rings. The first-order valence-electron chi connectivity index (χ1n) is 6.92. The quantitative estimate of drug-likeness (QED) is 0.411. The lowest BCUT2D eigenvalue weighted by Crippen LogP contribution is -2.46. The molecule has 0 N–H and O–H groups in total. The molecule has 0 aliphatic carbocycles. The smallest absolute Gasteiger partial charge is 0.302 e. The SMILES string of the molecule is CC#CC#C/C=C1\O[C@@]2(CC[C@H](OC(C)=O)CO2)[C@H]2O[C@@H]12. The van der Waals surface area contributed by atoms with E-state index < -0.39 is 5.79 Å². The molecule has 3 rings (SSSR count). The Morgan fingerprint density at radius 2 is 2.33 bits per heavy atom. The Balaban J connectivity index is 1.63. The summed E-state index contributed by atoms with van der Waals surface area (Å²) in [5.41, 5.74) is 0. The summed E-state index contributed by atoms with van der Waals surface area (Å²) in [6.07, 6.45) is 2.66. The maximum atomic E-state index is 11.0. The van der Waals surface area contributed by atoms with Crippen molar-refractivity contribution in [2.45, 2.75) is 50.8 Å². The van der Waals surface area contributed by atoms with Crippen LogP contribution < -0.4 is 0 Å². The highest BCUT2D eigenvalue weighted by Gasteiger charge is 2.67. The molecular weight excluding hydrogens is 272 g/mol. The van der Waals surface area contributed by atoms with Crippen molar-refractivity contribution < 1.29 is 23.7 Å². The minimum Gasteiger partial charge on any atom is -0.460 e. The molecule has 3 fully saturated rings. The van der Waals surface area contributed by atoms with Crippen LogP contribution >= 0.6 is 0 Å². The zero-order valence-corrected chi connectivity index (χ0v) is 12.0. The van der Waals surface area contributed by atoms with Crippen LogP contribution in [0.4, 0.5) is 0 Å². The molecule has 0 aromatic heterocycles. The Bertz CT molecular complexity index is 590. The van der Waals surface area contributed by atoms with E-state index in [9.17, 15) is 4.79 Å². The molecular formula is C16H16O5. The average molecular weight is 288 g/mol. The molecule has 0 radical (unpaired) electrons. The van der Waals surface area contributed by atoms with Gasteiger partial charge in [0.05, 0.1) is 6.61 Å². The van der Waals surface area contributed by atoms with E-state index in [1.165, 1.54) is 6.92 Å². The molecule has 4 atom stereocenters. The van der Waals surface area contributed by atoms with Crippen molar-refractivity contribution in [3.8, 4) is 23.7 Å². The molecule has 3 heterocycles. The molecule has 0 saturated carbocycles. The van der Waals surface area contributed by atoms with Crippen molar-refractivity contribution in [3.63, 3.8) is 0 Å². The average Bonchev–Trinajstić information content (AvgIpc) is 3.20. The number of ether oxygens (including phenoxy) is 4. The minimum absolute atomic E-state index is 0.0702. The predicted molar refractivity (Wildman–Crippen MR) is 72.5 cm³/mol. The summed E-state index contributed by atoms with van der Waals surface area (Å²) in [4.78, 5) is 11.0. The largest absolute Gasteiger partial charge is 0.460 e.